The van der Waals surface area contributed by atoms with Crippen molar-refractivity contribution in [3.63, 3.8) is 0 Å². The molecule has 0 saturated carbocycles. The number of rotatable bonds is 3. The molecule has 5 heteroatoms. The van der Waals surface area contributed by atoms with Crippen LogP contribution in [0.1, 0.15) is 5.56 Å². The molecule has 0 fully saturated rings. The molecule has 0 spiro atoms. The van der Waals surface area contributed by atoms with Crippen LogP contribution in [0.25, 0.3) is 22.8 Å². The van der Waals surface area contributed by atoms with Crippen molar-refractivity contribution < 1.29 is 4.52 Å². The topological polar surface area (TPSA) is 62.7 Å². The van der Waals surface area contributed by atoms with E-state index in [1.54, 1.807) is 30.0 Å². The van der Waals surface area contributed by atoms with Gasteiger partial charge in [0.1, 0.15) is 0 Å². The smallest absolute Gasteiger partial charge is 0.258 e. The molecule has 0 aliphatic rings. The molecule has 0 atom stereocenters. The lowest BCUT2D eigenvalue weighted by Gasteiger charge is -1.97. The largest absolute Gasteiger partial charge is 0.334 e. The second-order valence-electron chi connectivity index (χ2n) is 4.34. The third kappa shape index (κ3) is 2.81. The summed E-state index contributed by atoms with van der Waals surface area (Å²) in [5.74, 6) is 0.955. The highest BCUT2D eigenvalue weighted by Crippen LogP contribution is 2.24. The number of nitrogens with zero attached hydrogens (tertiary/aromatic N) is 3. The molecule has 0 bridgehead atoms. The van der Waals surface area contributed by atoms with E-state index in [9.17, 15) is 0 Å². The van der Waals surface area contributed by atoms with E-state index >= 15 is 0 Å². The van der Waals surface area contributed by atoms with Crippen molar-refractivity contribution in [1.29, 1.82) is 5.26 Å². The summed E-state index contributed by atoms with van der Waals surface area (Å²) in [5.41, 5.74) is 2.21. The summed E-state index contributed by atoms with van der Waals surface area (Å²) in [7, 11) is 0. The number of hydrogen-bond acceptors (Lipinski definition) is 5. The van der Waals surface area contributed by atoms with Crippen LogP contribution < -0.4 is 0 Å². The van der Waals surface area contributed by atoms with Crippen LogP contribution in [0.2, 0.25) is 0 Å². The highest BCUT2D eigenvalue weighted by Gasteiger charge is 2.11. The molecule has 0 radical (unpaired) electrons. The molecule has 0 aliphatic heterocycles. The molecule has 0 unspecified atom stereocenters. The number of hydrogen-bond donors (Lipinski definition) is 0. The zero-order valence-corrected chi connectivity index (χ0v) is 12.1. The number of aromatic nitrogens is 2. The maximum absolute atomic E-state index is 8.92. The first kappa shape index (κ1) is 13.4. The molecule has 1 aromatic heterocycles. The van der Waals surface area contributed by atoms with Gasteiger partial charge >= 0.3 is 0 Å². The van der Waals surface area contributed by atoms with E-state index in [2.05, 4.69) is 16.2 Å². The van der Waals surface area contributed by atoms with Gasteiger partial charge in [0, 0.05) is 16.0 Å². The lowest BCUT2D eigenvalue weighted by atomic mass is 10.1. The van der Waals surface area contributed by atoms with Gasteiger partial charge in [-0.1, -0.05) is 11.2 Å². The molecule has 4 nitrogen and oxygen atoms in total. The average Bonchev–Trinajstić information content (AvgIpc) is 3.05. The Balaban J connectivity index is 1.93. The Morgan fingerprint density at radius 3 is 2.62 bits per heavy atom. The van der Waals surface area contributed by atoms with Crippen molar-refractivity contribution in [1.82, 2.24) is 10.1 Å². The fourth-order valence-electron chi connectivity index (χ4n) is 1.92. The molecular formula is C16H11N3OS. The Morgan fingerprint density at radius 1 is 1.10 bits per heavy atom. The number of thioether (sulfide) groups is 1. The fourth-order valence-corrected chi connectivity index (χ4v) is 2.33. The fraction of sp³-hybridized carbons (Fsp3) is 0.0625. The first-order valence-corrected chi connectivity index (χ1v) is 7.51. The van der Waals surface area contributed by atoms with Crippen molar-refractivity contribution >= 4 is 11.8 Å². The second-order valence-corrected chi connectivity index (χ2v) is 5.22. The summed E-state index contributed by atoms with van der Waals surface area (Å²) >= 11 is 1.68. The molecule has 21 heavy (non-hydrogen) atoms. The maximum atomic E-state index is 8.92. The van der Waals surface area contributed by atoms with Gasteiger partial charge < -0.3 is 4.52 Å². The van der Waals surface area contributed by atoms with Gasteiger partial charge in [-0.15, -0.1) is 11.8 Å². The van der Waals surface area contributed by atoms with Gasteiger partial charge in [-0.25, -0.2) is 0 Å². The summed E-state index contributed by atoms with van der Waals surface area (Å²) in [4.78, 5) is 5.57. The third-order valence-corrected chi connectivity index (χ3v) is 3.76. The predicted octanol–water partition coefficient (Wildman–Crippen LogP) is 4.00. The Hall–Kier alpha value is -2.58. The van der Waals surface area contributed by atoms with Crippen LogP contribution in [0.5, 0.6) is 0 Å². The molecule has 0 amide bonds. The van der Waals surface area contributed by atoms with Gasteiger partial charge in [0.25, 0.3) is 5.89 Å². The lowest BCUT2D eigenvalue weighted by molar-refractivity contribution is 0.432. The third-order valence-electron chi connectivity index (χ3n) is 3.01. The molecule has 0 saturated heterocycles. The number of nitriles is 1. The highest BCUT2D eigenvalue weighted by atomic mass is 32.2. The van der Waals surface area contributed by atoms with E-state index in [-0.39, 0.29) is 0 Å². The minimum Gasteiger partial charge on any atom is -0.334 e. The Labute approximate surface area is 126 Å². The standard InChI is InChI=1S/C16H11N3OS/c1-21-14-7-5-12(6-8-14)15-18-16(20-19-15)13-4-2-3-11(9-13)10-17/h2-9H,1H3. The molecule has 2 aromatic carbocycles. The van der Waals surface area contributed by atoms with Crippen LogP contribution >= 0.6 is 11.8 Å². The van der Waals surface area contributed by atoms with Crippen LogP contribution in [0, 0.1) is 11.3 Å². The van der Waals surface area contributed by atoms with E-state index in [0.717, 1.165) is 11.1 Å². The van der Waals surface area contributed by atoms with E-state index in [1.807, 2.05) is 36.6 Å². The van der Waals surface area contributed by atoms with Gasteiger partial charge in [0.2, 0.25) is 5.82 Å². The quantitative estimate of drug-likeness (QED) is 0.683. The van der Waals surface area contributed by atoms with Crippen molar-refractivity contribution in [3.05, 3.63) is 54.1 Å². The van der Waals surface area contributed by atoms with Crippen LogP contribution in [0.4, 0.5) is 0 Å². The molecule has 3 aromatic rings. The summed E-state index contributed by atoms with van der Waals surface area (Å²) in [6.45, 7) is 0. The zero-order chi connectivity index (χ0) is 14.7. The summed E-state index contributed by atoms with van der Waals surface area (Å²) in [5, 5.41) is 12.9. The molecule has 0 aliphatic carbocycles. The van der Waals surface area contributed by atoms with Gasteiger partial charge in [0.15, 0.2) is 0 Å². The first-order chi connectivity index (χ1) is 10.3. The van der Waals surface area contributed by atoms with Crippen LogP contribution in [-0.2, 0) is 0 Å². The van der Waals surface area contributed by atoms with Gasteiger partial charge in [0.05, 0.1) is 11.6 Å². The normalized spacial score (nSPS) is 10.3. The van der Waals surface area contributed by atoms with Crippen molar-refractivity contribution in [2.75, 3.05) is 6.26 Å². The lowest BCUT2D eigenvalue weighted by Crippen LogP contribution is -1.82. The zero-order valence-electron chi connectivity index (χ0n) is 11.3. The SMILES string of the molecule is CSc1ccc(-c2noc(-c3cccc(C#N)c3)n2)cc1. The predicted molar refractivity (Wildman–Crippen MR) is 81.7 cm³/mol. The maximum Gasteiger partial charge on any atom is 0.258 e. The van der Waals surface area contributed by atoms with E-state index in [1.165, 1.54) is 4.90 Å². The Morgan fingerprint density at radius 2 is 1.90 bits per heavy atom. The highest BCUT2D eigenvalue weighted by molar-refractivity contribution is 7.98. The van der Waals surface area contributed by atoms with Gasteiger partial charge in [-0.05, 0) is 48.7 Å². The van der Waals surface area contributed by atoms with E-state index in [4.69, 9.17) is 9.78 Å². The number of benzene rings is 2. The molecule has 102 valence electrons. The minimum absolute atomic E-state index is 0.413. The van der Waals surface area contributed by atoms with Crippen molar-refractivity contribution in [3.8, 4) is 28.9 Å². The second kappa shape index (κ2) is 5.81. The monoisotopic (exact) mass is 293 g/mol. The summed E-state index contributed by atoms with van der Waals surface area (Å²) in [6, 6.07) is 17.2. The van der Waals surface area contributed by atoms with Gasteiger partial charge in [-0.3, -0.25) is 0 Å². The molecule has 1 heterocycles. The average molecular weight is 293 g/mol. The minimum atomic E-state index is 0.413. The van der Waals surface area contributed by atoms with Gasteiger partial charge in [-0.2, -0.15) is 10.2 Å². The molecule has 0 N–H and O–H groups in total. The van der Waals surface area contributed by atoms with Crippen molar-refractivity contribution in [2.24, 2.45) is 0 Å². The Bertz CT molecular complexity index is 803. The summed E-state index contributed by atoms with van der Waals surface area (Å²) < 4.78 is 5.29. The molecular weight excluding hydrogens is 282 g/mol. The van der Waals surface area contributed by atoms with E-state index < -0.39 is 0 Å². The summed E-state index contributed by atoms with van der Waals surface area (Å²) in [6.07, 6.45) is 2.03. The van der Waals surface area contributed by atoms with Crippen LogP contribution in [0.3, 0.4) is 0 Å². The first-order valence-electron chi connectivity index (χ1n) is 6.29. The Kier molecular flexibility index (Phi) is 3.71. The van der Waals surface area contributed by atoms with Crippen LogP contribution in [-0.4, -0.2) is 16.4 Å². The van der Waals surface area contributed by atoms with Crippen molar-refractivity contribution in [2.45, 2.75) is 4.90 Å². The van der Waals surface area contributed by atoms with Crippen LogP contribution in [0.15, 0.2) is 57.9 Å². The van der Waals surface area contributed by atoms with E-state index in [0.29, 0.717) is 17.3 Å². The molecule has 3 rings (SSSR count).